The highest BCUT2D eigenvalue weighted by Crippen LogP contribution is 2.31. The van der Waals surface area contributed by atoms with Crippen LogP contribution in [0.15, 0.2) is 36.4 Å². The van der Waals surface area contributed by atoms with E-state index in [4.69, 9.17) is 5.73 Å². The van der Waals surface area contributed by atoms with E-state index in [1.54, 1.807) is 0 Å². The number of hydrogen-bond acceptors (Lipinski definition) is 2. The summed E-state index contributed by atoms with van der Waals surface area (Å²) in [5, 5.41) is 3.18. The second kappa shape index (κ2) is 7.05. The Morgan fingerprint density at radius 3 is 2.65 bits per heavy atom. The van der Waals surface area contributed by atoms with Crippen LogP contribution < -0.4 is 11.1 Å². The van der Waals surface area contributed by atoms with Crippen molar-refractivity contribution in [2.75, 3.05) is 5.73 Å². The molecule has 2 aromatic carbocycles. The van der Waals surface area contributed by atoms with Crippen molar-refractivity contribution in [2.24, 2.45) is 0 Å². The molecule has 0 saturated carbocycles. The minimum Gasteiger partial charge on any atom is -0.399 e. The first-order valence-corrected chi connectivity index (χ1v) is 7.81. The van der Waals surface area contributed by atoms with Crippen LogP contribution in [0.5, 0.6) is 0 Å². The van der Waals surface area contributed by atoms with Crippen LogP contribution in [0.1, 0.15) is 51.5 Å². The zero-order chi connectivity index (χ0) is 15.7. The molecule has 1 unspecified atom stereocenters. The van der Waals surface area contributed by atoms with Crippen LogP contribution in [0.25, 0.3) is 0 Å². The zero-order valence-electron chi connectivity index (χ0n) is 13.6. The summed E-state index contributed by atoms with van der Waals surface area (Å²) >= 11 is 0. The number of nitrogens with one attached hydrogen (secondary N) is 1. The van der Waals surface area contributed by atoms with Gasteiger partial charge in [0.25, 0.3) is 5.91 Å². The van der Waals surface area contributed by atoms with Crippen LogP contribution in [0.4, 0.5) is 5.69 Å². The molecule has 1 amide bonds. The second-order valence-corrected chi connectivity index (χ2v) is 6.18. The predicted molar refractivity (Wildman–Crippen MR) is 97.2 cm³/mol. The minimum atomic E-state index is -0.00206. The van der Waals surface area contributed by atoms with E-state index in [-0.39, 0.29) is 24.4 Å². The molecule has 1 aliphatic carbocycles. The number of anilines is 1. The van der Waals surface area contributed by atoms with Crippen LogP contribution in [-0.2, 0) is 6.42 Å². The molecule has 3 N–H and O–H groups in total. The monoisotopic (exact) mass is 330 g/mol. The van der Waals surface area contributed by atoms with E-state index < -0.39 is 0 Å². The molecule has 0 saturated heterocycles. The predicted octanol–water partition coefficient (Wildman–Crippen LogP) is 4.11. The summed E-state index contributed by atoms with van der Waals surface area (Å²) < 4.78 is 0. The molecular formula is C19H23ClN2O. The normalized spacial score (nSPS) is 16.2. The first-order chi connectivity index (χ1) is 10.5. The molecule has 1 aliphatic rings. The lowest BCUT2D eigenvalue weighted by Gasteiger charge is -2.26. The van der Waals surface area contributed by atoms with Crippen molar-refractivity contribution in [3.63, 3.8) is 0 Å². The van der Waals surface area contributed by atoms with Crippen molar-refractivity contribution in [3.05, 3.63) is 64.2 Å². The van der Waals surface area contributed by atoms with Gasteiger partial charge >= 0.3 is 0 Å². The Morgan fingerprint density at radius 2 is 1.91 bits per heavy atom. The average Bonchev–Trinajstić information content (AvgIpc) is 2.50. The molecule has 0 aromatic heterocycles. The van der Waals surface area contributed by atoms with Crippen molar-refractivity contribution in [3.8, 4) is 0 Å². The highest BCUT2D eigenvalue weighted by molar-refractivity contribution is 5.94. The number of fused-ring (bicyclic) bond motifs is 1. The summed E-state index contributed by atoms with van der Waals surface area (Å²) in [5.74, 6) is -0.00206. The van der Waals surface area contributed by atoms with Gasteiger partial charge in [0.05, 0.1) is 6.04 Å². The van der Waals surface area contributed by atoms with Crippen molar-refractivity contribution in [1.82, 2.24) is 5.32 Å². The van der Waals surface area contributed by atoms with E-state index in [0.29, 0.717) is 0 Å². The van der Waals surface area contributed by atoms with Gasteiger partial charge in [-0.1, -0.05) is 12.1 Å². The summed E-state index contributed by atoms with van der Waals surface area (Å²) in [4.78, 5) is 12.5. The fraction of sp³-hybridized carbons (Fsp3) is 0.316. The standard InChI is InChI=1S/C19H22N2O.ClH/c1-12-6-7-15(10-13(12)2)19(22)21-18-5-3-4-14-11-16(20)8-9-17(14)18;/h6-11,18H,3-5,20H2,1-2H3,(H,21,22);1H. The first-order valence-electron chi connectivity index (χ1n) is 7.81. The second-order valence-electron chi connectivity index (χ2n) is 6.18. The van der Waals surface area contributed by atoms with Crippen LogP contribution in [0.3, 0.4) is 0 Å². The number of nitrogens with two attached hydrogens (primary N) is 1. The van der Waals surface area contributed by atoms with Gasteiger partial charge in [0.1, 0.15) is 0 Å². The van der Waals surface area contributed by atoms with E-state index in [2.05, 4.69) is 18.3 Å². The number of amides is 1. The third-order valence-corrected chi connectivity index (χ3v) is 4.56. The largest absolute Gasteiger partial charge is 0.399 e. The Bertz CT molecular complexity index is 727. The Balaban J connectivity index is 0.00000192. The lowest BCUT2D eigenvalue weighted by Crippen LogP contribution is -2.31. The summed E-state index contributed by atoms with van der Waals surface area (Å²) in [5.41, 5.74) is 12.2. The van der Waals surface area contributed by atoms with Crippen LogP contribution in [0.2, 0.25) is 0 Å². The molecule has 4 heteroatoms. The first kappa shape index (κ1) is 17.4. The van der Waals surface area contributed by atoms with Gasteiger partial charge in [-0.25, -0.2) is 0 Å². The number of halogens is 1. The average molecular weight is 331 g/mol. The molecule has 23 heavy (non-hydrogen) atoms. The van der Waals surface area contributed by atoms with E-state index in [1.807, 2.05) is 37.3 Å². The molecule has 0 spiro atoms. The zero-order valence-corrected chi connectivity index (χ0v) is 14.4. The summed E-state index contributed by atoms with van der Waals surface area (Å²) in [6.07, 6.45) is 3.10. The highest BCUT2D eigenvalue weighted by atomic mass is 35.5. The fourth-order valence-corrected chi connectivity index (χ4v) is 3.11. The van der Waals surface area contributed by atoms with Crippen molar-refractivity contribution in [1.29, 1.82) is 0 Å². The maximum atomic E-state index is 12.5. The van der Waals surface area contributed by atoms with Gasteiger partial charge in [-0.15, -0.1) is 12.4 Å². The summed E-state index contributed by atoms with van der Waals surface area (Å²) in [6.45, 7) is 4.09. The number of carbonyl (C=O) groups excluding carboxylic acids is 1. The van der Waals surface area contributed by atoms with Gasteiger partial charge in [0.2, 0.25) is 0 Å². The van der Waals surface area contributed by atoms with Gasteiger partial charge in [0, 0.05) is 11.3 Å². The maximum Gasteiger partial charge on any atom is 0.251 e. The molecular weight excluding hydrogens is 308 g/mol. The molecule has 2 aromatic rings. The molecule has 122 valence electrons. The summed E-state index contributed by atoms with van der Waals surface area (Å²) in [7, 11) is 0. The summed E-state index contributed by atoms with van der Waals surface area (Å²) in [6, 6.07) is 11.9. The van der Waals surface area contributed by atoms with Crippen LogP contribution in [-0.4, -0.2) is 5.91 Å². The third kappa shape index (κ3) is 3.67. The molecule has 0 fully saturated rings. The number of aryl methyl sites for hydroxylation is 3. The van der Waals surface area contributed by atoms with Gasteiger partial charge < -0.3 is 11.1 Å². The number of carbonyl (C=O) groups is 1. The van der Waals surface area contributed by atoms with Crippen LogP contribution in [0, 0.1) is 13.8 Å². The highest BCUT2D eigenvalue weighted by Gasteiger charge is 2.22. The van der Waals surface area contributed by atoms with Crippen molar-refractivity contribution < 1.29 is 4.79 Å². The molecule has 0 radical (unpaired) electrons. The Morgan fingerprint density at radius 1 is 1.13 bits per heavy atom. The molecule has 0 heterocycles. The van der Waals surface area contributed by atoms with Gasteiger partial charge in [-0.3, -0.25) is 4.79 Å². The number of hydrogen-bond donors (Lipinski definition) is 2. The molecule has 3 nitrogen and oxygen atoms in total. The Labute approximate surface area is 143 Å². The molecule has 3 rings (SSSR count). The Kier molecular flexibility index (Phi) is 5.32. The van der Waals surface area contributed by atoms with Gasteiger partial charge in [-0.05, 0) is 79.6 Å². The van der Waals surface area contributed by atoms with E-state index in [9.17, 15) is 4.79 Å². The van der Waals surface area contributed by atoms with Crippen molar-refractivity contribution >= 4 is 24.0 Å². The van der Waals surface area contributed by atoms with Crippen molar-refractivity contribution in [2.45, 2.75) is 39.2 Å². The fourth-order valence-electron chi connectivity index (χ4n) is 3.11. The third-order valence-electron chi connectivity index (χ3n) is 4.56. The number of benzene rings is 2. The SMILES string of the molecule is Cc1ccc(C(=O)NC2CCCc3cc(N)ccc32)cc1C.Cl. The smallest absolute Gasteiger partial charge is 0.251 e. The van der Waals surface area contributed by atoms with Gasteiger partial charge in [-0.2, -0.15) is 0 Å². The molecule has 0 bridgehead atoms. The molecule has 1 atom stereocenters. The molecule has 0 aliphatic heterocycles. The maximum absolute atomic E-state index is 12.5. The lowest BCUT2D eigenvalue weighted by molar-refractivity contribution is 0.0932. The van der Waals surface area contributed by atoms with E-state index >= 15 is 0 Å². The number of nitrogen functional groups attached to an aromatic ring is 1. The van der Waals surface area contributed by atoms with E-state index in [1.165, 1.54) is 16.7 Å². The topological polar surface area (TPSA) is 55.1 Å². The quantitative estimate of drug-likeness (QED) is 0.814. The van der Waals surface area contributed by atoms with Crippen LogP contribution >= 0.6 is 12.4 Å². The minimum absolute atomic E-state index is 0. The number of rotatable bonds is 2. The Hall–Kier alpha value is -2.00. The van der Waals surface area contributed by atoms with Gasteiger partial charge in [0.15, 0.2) is 0 Å². The van der Waals surface area contributed by atoms with E-state index in [0.717, 1.165) is 36.1 Å². The lowest BCUT2D eigenvalue weighted by atomic mass is 9.87.